The van der Waals surface area contributed by atoms with Crippen molar-refractivity contribution in [3.05, 3.63) is 5.82 Å². The molecule has 0 unspecified atom stereocenters. The summed E-state index contributed by atoms with van der Waals surface area (Å²) in [6.45, 7) is 7.54. The number of nitrogens with one attached hydrogen (secondary N) is 1. The van der Waals surface area contributed by atoms with Crippen LogP contribution in [0.15, 0.2) is 0 Å². The highest BCUT2D eigenvalue weighted by Gasteiger charge is 2.11. The molecule has 0 spiro atoms. The zero-order valence-electron chi connectivity index (χ0n) is 9.24. The summed E-state index contributed by atoms with van der Waals surface area (Å²) in [7, 11) is 1.89. The monoisotopic (exact) mass is 198 g/mol. The Kier molecular flexibility index (Phi) is 3.88. The molecule has 1 aromatic heterocycles. The summed E-state index contributed by atoms with van der Waals surface area (Å²) in [5.74, 6) is 0.908. The lowest BCUT2D eigenvalue weighted by Gasteiger charge is -2.10. The van der Waals surface area contributed by atoms with Crippen LogP contribution < -0.4 is 10.1 Å². The van der Waals surface area contributed by atoms with Crippen LogP contribution in [-0.4, -0.2) is 27.9 Å². The number of nitrogens with zero attached hydrogens (tertiary/aromatic N) is 3. The fraction of sp³-hybridized carbons (Fsp3) is 0.778. The number of hydrogen-bond acceptors (Lipinski definition) is 4. The van der Waals surface area contributed by atoms with Crippen molar-refractivity contribution in [3.8, 4) is 6.01 Å². The number of hydrogen-bond donors (Lipinski definition) is 1. The predicted molar refractivity (Wildman–Crippen MR) is 54.2 cm³/mol. The first-order chi connectivity index (χ1) is 6.69. The molecule has 14 heavy (non-hydrogen) atoms. The van der Waals surface area contributed by atoms with Gasteiger partial charge in [0.1, 0.15) is 5.82 Å². The topological polar surface area (TPSA) is 52.0 Å². The fourth-order valence-corrected chi connectivity index (χ4v) is 1.22. The molecule has 0 aromatic carbocycles. The summed E-state index contributed by atoms with van der Waals surface area (Å²) in [6, 6.07) is 0.604. The van der Waals surface area contributed by atoms with Crippen molar-refractivity contribution in [2.45, 2.75) is 40.0 Å². The molecule has 0 radical (unpaired) electrons. The van der Waals surface area contributed by atoms with Crippen molar-refractivity contribution in [1.29, 1.82) is 0 Å². The Balaban J connectivity index is 2.83. The Bertz CT molecular complexity index is 282. The molecular formula is C9H18N4O. The molecule has 0 aliphatic heterocycles. The van der Waals surface area contributed by atoms with Crippen LogP contribution in [0.25, 0.3) is 0 Å². The molecule has 0 aliphatic rings. The van der Waals surface area contributed by atoms with Crippen molar-refractivity contribution >= 4 is 0 Å². The van der Waals surface area contributed by atoms with Gasteiger partial charge in [-0.3, -0.25) is 4.57 Å². The minimum Gasteiger partial charge on any atom is -0.461 e. The first-order valence-corrected chi connectivity index (χ1v) is 4.92. The Morgan fingerprint density at radius 2 is 2.14 bits per heavy atom. The molecule has 0 amide bonds. The Labute approximate surface area is 84.5 Å². The Hall–Kier alpha value is -1.10. The van der Waals surface area contributed by atoms with Crippen molar-refractivity contribution < 1.29 is 4.74 Å². The van der Waals surface area contributed by atoms with Gasteiger partial charge in [-0.15, -0.1) is 5.10 Å². The highest BCUT2D eigenvalue weighted by Crippen LogP contribution is 2.11. The van der Waals surface area contributed by atoms with Gasteiger partial charge in [-0.25, -0.2) is 0 Å². The molecule has 0 aliphatic carbocycles. The van der Waals surface area contributed by atoms with Crippen molar-refractivity contribution in [1.82, 2.24) is 20.1 Å². The second-order valence-electron chi connectivity index (χ2n) is 3.34. The number of ether oxygens (including phenoxy) is 1. The third-order valence-electron chi connectivity index (χ3n) is 1.79. The lowest BCUT2D eigenvalue weighted by atomic mass is 10.5. The second kappa shape index (κ2) is 4.95. The average molecular weight is 198 g/mol. The highest BCUT2D eigenvalue weighted by molar-refractivity contribution is 5.01. The van der Waals surface area contributed by atoms with E-state index in [9.17, 15) is 0 Å². The van der Waals surface area contributed by atoms with E-state index in [1.807, 2.05) is 25.5 Å². The van der Waals surface area contributed by atoms with E-state index in [4.69, 9.17) is 4.74 Å². The smallest absolute Gasteiger partial charge is 0.317 e. The fourth-order valence-electron chi connectivity index (χ4n) is 1.22. The van der Waals surface area contributed by atoms with Gasteiger partial charge in [0, 0.05) is 6.54 Å². The molecule has 0 fully saturated rings. The molecule has 80 valence electrons. The van der Waals surface area contributed by atoms with Crippen LogP contribution in [0.1, 0.15) is 26.6 Å². The van der Waals surface area contributed by atoms with Crippen LogP contribution in [0.2, 0.25) is 0 Å². The lowest BCUT2D eigenvalue weighted by Crippen LogP contribution is -2.14. The first-order valence-electron chi connectivity index (χ1n) is 4.92. The molecule has 5 nitrogen and oxygen atoms in total. The van der Waals surface area contributed by atoms with Crippen LogP contribution in [0.5, 0.6) is 6.01 Å². The van der Waals surface area contributed by atoms with Gasteiger partial charge in [-0.05, 0) is 27.8 Å². The van der Waals surface area contributed by atoms with Gasteiger partial charge in [-0.2, -0.15) is 0 Å². The molecule has 1 N–H and O–H groups in total. The predicted octanol–water partition coefficient (Wildman–Crippen LogP) is 0.805. The normalized spacial score (nSPS) is 10.9. The molecule has 5 heteroatoms. The Morgan fingerprint density at radius 1 is 1.43 bits per heavy atom. The van der Waals surface area contributed by atoms with Gasteiger partial charge >= 0.3 is 6.01 Å². The minimum atomic E-state index is 0.131. The van der Waals surface area contributed by atoms with Crippen LogP contribution in [0.3, 0.4) is 0 Å². The number of aromatic nitrogens is 3. The minimum absolute atomic E-state index is 0.131. The van der Waals surface area contributed by atoms with E-state index in [1.54, 1.807) is 0 Å². The molecule has 0 saturated carbocycles. The molecule has 0 bridgehead atoms. The van der Waals surface area contributed by atoms with Crippen LogP contribution in [0.4, 0.5) is 0 Å². The van der Waals surface area contributed by atoms with Crippen molar-refractivity contribution in [2.75, 3.05) is 7.05 Å². The van der Waals surface area contributed by atoms with Crippen LogP contribution >= 0.6 is 0 Å². The summed E-state index contributed by atoms with van der Waals surface area (Å²) in [5.41, 5.74) is 0. The van der Waals surface area contributed by atoms with E-state index in [-0.39, 0.29) is 6.10 Å². The summed E-state index contributed by atoms with van der Waals surface area (Å²) >= 11 is 0. The standard InChI is InChI=1S/C9H18N4O/c1-5-13-8(6-10-4)11-12-9(13)14-7(2)3/h7,10H,5-6H2,1-4H3. The zero-order valence-corrected chi connectivity index (χ0v) is 9.24. The molecule has 1 rings (SSSR count). The maximum atomic E-state index is 5.52. The van der Waals surface area contributed by atoms with Gasteiger partial charge in [0.05, 0.1) is 12.6 Å². The Morgan fingerprint density at radius 3 is 2.64 bits per heavy atom. The summed E-state index contributed by atoms with van der Waals surface area (Å²) < 4.78 is 7.49. The average Bonchev–Trinajstić information content (AvgIpc) is 2.47. The van der Waals surface area contributed by atoms with Gasteiger partial charge in [0.15, 0.2) is 0 Å². The zero-order chi connectivity index (χ0) is 10.6. The molecule has 0 saturated heterocycles. The van der Waals surface area contributed by atoms with E-state index in [2.05, 4.69) is 22.4 Å². The lowest BCUT2D eigenvalue weighted by molar-refractivity contribution is 0.211. The second-order valence-corrected chi connectivity index (χ2v) is 3.34. The van der Waals surface area contributed by atoms with E-state index < -0.39 is 0 Å². The number of rotatable bonds is 5. The van der Waals surface area contributed by atoms with E-state index in [0.717, 1.165) is 12.4 Å². The SMILES string of the molecule is CCn1c(CNC)nnc1OC(C)C. The van der Waals surface area contributed by atoms with Crippen LogP contribution in [0, 0.1) is 0 Å². The van der Waals surface area contributed by atoms with Gasteiger partial charge < -0.3 is 10.1 Å². The third kappa shape index (κ3) is 2.45. The molecule has 1 aromatic rings. The largest absolute Gasteiger partial charge is 0.461 e. The van der Waals surface area contributed by atoms with Crippen LogP contribution in [-0.2, 0) is 13.1 Å². The van der Waals surface area contributed by atoms with E-state index in [1.165, 1.54) is 0 Å². The molecular weight excluding hydrogens is 180 g/mol. The van der Waals surface area contributed by atoms with Crippen molar-refractivity contribution in [2.24, 2.45) is 0 Å². The summed E-state index contributed by atoms with van der Waals surface area (Å²) in [5, 5.41) is 11.1. The molecule has 1 heterocycles. The third-order valence-corrected chi connectivity index (χ3v) is 1.79. The summed E-state index contributed by atoms with van der Waals surface area (Å²) in [4.78, 5) is 0. The van der Waals surface area contributed by atoms with Gasteiger partial charge in [-0.1, -0.05) is 5.10 Å². The van der Waals surface area contributed by atoms with E-state index >= 15 is 0 Å². The van der Waals surface area contributed by atoms with Gasteiger partial charge in [0.2, 0.25) is 0 Å². The maximum Gasteiger partial charge on any atom is 0.317 e. The first kappa shape index (κ1) is 11.0. The highest BCUT2D eigenvalue weighted by atomic mass is 16.5. The maximum absolute atomic E-state index is 5.52. The quantitative estimate of drug-likeness (QED) is 0.760. The van der Waals surface area contributed by atoms with Gasteiger partial charge in [0.25, 0.3) is 0 Å². The summed E-state index contributed by atoms with van der Waals surface area (Å²) in [6.07, 6.45) is 0.131. The van der Waals surface area contributed by atoms with E-state index in [0.29, 0.717) is 12.6 Å². The van der Waals surface area contributed by atoms with Crippen molar-refractivity contribution in [3.63, 3.8) is 0 Å². The molecule has 0 atom stereocenters.